The zero-order valence-corrected chi connectivity index (χ0v) is 11.5. The van der Waals surface area contributed by atoms with Gasteiger partial charge in [-0.1, -0.05) is 30.6 Å². The molecule has 2 radical (unpaired) electrons. The molecule has 0 aromatic carbocycles. The summed E-state index contributed by atoms with van der Waals surface area (Å²) in [5, 5.41) is 1.01. The van der Waals surface area contributed by atoms with Gasteiger partial charge in [0.1, 0.15) is 7.85 Å². The lowest BCUT2D eigenvalue weighted by molar-refractivity contribution is 0.122. The summed E-state index contributed by atoms with van der Waals surface area (Å²) >= 11 is 1.63. The SMILES string of the molecule is CC.[B]c1cnc2nc(N3CCOCC3)sc2c1. The number of morpholine rings is 1. The zero-order chi connectivity index (χ0) is 13.0. The average molecular weight is 261 g/mol. The van der Waals surface area contributed by atoms with Gasteiger partial charge >= 0.3 is 0 Å². The molecule has 1 fully saturated rings. The van der Waals surface area contributed by atoms with E-state index >= 15 is 0 Å². The molecule has 0 bridgehead atoms. The highest BCUT2D eigenvalue weighted by molar-refractivity contribution is 7.22. The van der Waals surface area contributed by atoms with Crippen LogP contribution in [0.15, 0.2) is 12.3 Å². The minimum absolute atomic E-state index is 0.685. The summed E-state index contributed by atoms with van der Waals surface area (Å²) in [6.45, 7) is 7.33. The van der Waals surface area contributed by atoms with Gasteiger partial charge in [-0.2, -0.15) is 4.98 Å². The van der Waals surface area contributed by atoms with Crippen molar-refractivity contribution >= 4 is 40.1 Å². The van der Waals surface area contributed by atoms with Crippen LogP contribution in [0.25, 0.3) is 10.3 Å². The van der Waals surface area contributed by atoms with Gasteiger partial charge in [0.05, 0.1) is 17.9 Å². The minimum Gasteiger partial charge on any atom is -0.378 e. The van der Waals surface area contributed by atoms with Gasteiger partial charge in [-0.05, 0) is 6.07 Å². The number of thiazole rings is 1. The van der Waals surface area contributed by atoms with Gasteiger partial charge in [0, 0.05) is 19.3 Å². The van der Waals surface area contributed by atoms with Crippen molar-refractivity contribution < 1.29 is 4.74 Å². The number of aromatic nitrogens is 2. The van der Waals surface area contributed by atoms with Crippen LogP contribution >= 0.6 is 11.3 Å². The number of anilines is 1. The van der Waals surface area contributed by atoms with E-state index in [1.165, 1.54) is 0 Å². The Morgan fingerprint density at radius 2 is 2.06 bits per heavy atom. The highest BCUT2D eigenvalue weighted by atomic mass is 32.1. The predicted octanol–water partition coefficient (Wildman–Crippen LogP) is 1.35. The van der Waals surface area contributed by atoms with Gasteiger partial charge < -0.3 is 9.64 Å². The van der Waals surface area contributed by atoms with E-state index in [0.29, 0.717) is 5.46 Å². The molecule has 2 aromatic heterocycles. The molecule has 6 heteroatoms. The molecule has 0 spiro atoms. The molecule has 2 aromatic rings. The van der Waals surface area contributed by atoms with Gasteiger partial charge in [0.25, 0.3) is 0 Å². The molecule has 4 nitrogen and oxygen atoms in total. The second-order valence-electron chi connectivity index (χ2n) is 3.69. The molecule has 3 rings (SSSR count). The largest absolute Gasteiger partial charge is 0.378 e. The van der Waals surface area contributed by atoms with Crippen LogP contribution in [0.4, 0.5) is 5.13 Å². The van der Waals surface area contributed by atoms with Crippen LogP contribution in [0.3, 0.4) is 0 Å². The Morgan fingerprint density at radius 3 is 2.78 bits per heavy atom. The van der Waals surface area contributed by atoms with Crippen molar-refractivity contribution in [3.63, 3.8) is 0 Å². The molecule has 0 aliphatic carbocycles. The smallest absolute Gasteiger partial charge is 0.188 e. The first-order chi connectivity index (χ1) is 8.83. The lowest BCUT2D eigenvalue weighted by atomic mass is 9.99. The Kier molecular flexibility index (Phi) is 4.55. The Balaban J connectivity index is 0.000000574. The number of fused-ring (bicyclic) bond motifs is 1. The number of pyridine rings is 1. The van der Waals surface area contributed by atoms with E-state index in [1.807, 2.05) is 19.9 Å². The molecule has 1 aliphatic heterocycles. The molecule has 0 saturated carbocycles. The summed E-state index contributed by atoms with van der Waals surface area (Å²) in [4.78, 5) is 10.9. The fourth-order valence-electron chi connectivity index (χ4n) is 1.71. The molecule has 0 atom stereocenters. The topological polar surface area (TPSA) is 38.2 Å². The fourth-order valence-corrected chi connectivity index (χ4v) is 2.74. The summed E-state index contributed by atoms with van der Waals surface area (Å²) < 4.78 is 6.36. The predicted molar refractivity (Wildman–Crippen MR) is 77.2 cm³/mol. The Bertz CT molecular complexity index is 511. The third-order valence-corrected chi connectivity index (χ3v) is 3.59. The van der Waals surface area contributed by atoms with E-state index in [9.17, 15) is 0 Å². The molecule has 0 amide bonds. The number of rotatable bonds is 1. The van der Waals surface area contributed by atoms with E-state index in [-0.39, 0.29) is 0 Å². The maximum Gasteiger partial charge on any atom is 0.188 e. The van der Waals surface area contributed by atoms with Crippen molar-refractivity contribution in [2.75, 3.05) is 31.2 Å². The molecule has 94 valence electrons. The first kappa shape index (κ1) is 13.3. The number of hydrogen-bond donors (Lipinski definition) is 0. The summed E-state index contributed by atoms with van der Waals surface area (Å²) in [6, 6.07) is 1.92. The molecule has 0 unspecified atom stereocenters. The summed E-state index contributed by atoms with van der Waals surface area (Å²) in [5.74, 6) is 0. The third kappa shape index (κ3) is 2.81. The minimum atomic E-state index is 0.685. The standard InChI is InChI=1S/C10H10BN3OS.C2H6/c11-7-5-8-9(12-6-7)13-10(16-8)14-1-3-15-4-2-14;1-2/h5-6H,1-4H2;1-2H3. The first-order valence-corrected chi connectivity index (χ1v) is 6.99. The Hall–Kier alpha value is -1.14. The van der Waals surface area contributed by atoms with E-state index in [4.69, 9.17) is 12.6 Å². The summed E-state index contributed by atoms with van der Waals surface area (Å²) in [5.41, 5.74) is 1.46. The maximum absolute atomic E-state index is 5.69. The van der Waals surface area contributed by atoms with E-state index in [1.54, 1.807) is 17.5 Å². The summed E-state index contributed by atoms with van der Waals surface area (Å²) in [6.07, 6.45) is 1.64. The van der Waals surface area contributed by atoms with Gasteiger partial charge in [-0.25, -0.2) is 4.98 Å². The van der Waals surface area contributed by atoms with Crippen LogP contribution in [-0.2, 0) is 4.74 Å². The molecule has 1 saturated heterocycles. The number of nitrogens with zero attached hydrogens (tertiary/aromatic N) is 3. The van der Waals surface area contributed by atoms with Gasteiger partial charge in [-0.15, -0.1) is 0 Å². The van der Waals surface area contributed by atoms with Crippen LogP contribution in [0.5, 0.6) is 0 Å². The van der Waals surface area contributed by atoms with Gasteiger partial charge in [0.2, 0.25) is 0 Å². The molecule has 0 N–H and O–H groups in total. The highest BCUT2D eigenvalue weighted by Gasteiger charge is 2.15. The lowest BCUT2D eigenvalue weighted by Crippen LogP contribution is -2.36. The first-order valence-electron chi connectivity index (χ1n) is 6.18. The molecule has 1 aliphatic rings. The molecule has 3 heterocycles. The monoisotopic (exact) mass is 261 g/mol. The maximum atomic E-state index is 5.69. The highest BCUT2D eigenvalue weighted by Crippen LogP contribution is 2.27. The molecule has 18 heavy (non-hydrogen) atoms. The van der Waals surface area contributed by atoms with E-state index in [2.05, 4.69) is 14.9 Å². The fraction of sp³-hybridized carbons (Fsp3) is 0.500. The quantitative estimate of drug-likeness (QED) is 0.726. The molecular formula is C12H16BN3OS. The molecular weight excluding hydrogens is 245 g/mol. The summed E-state index contributed by atoms with van der Waals surface area (Å²) in [7, 11) is 5.69. The van der Waals surface area contributed by atoms with Crippen molar-refractivity contribution in [3.05, 3.63) is 12.3 Å². The van der Waals surface area contributed by atoms with E-state index < -0.39 is 0 Å². The average Bonchev–Trinajstić information content (AvgIpc) is 2.85. The normalized spacial score (nSPS) is 15.3. The van der Waals surface area contributed by atoms with Crippen molar-refractivity contribution in [1.29, 1.82) is 0 Å². The van der Waals surface area contributed by atoms with Crippen LogP contribution in [-0.4, -0.2) is 44.1 Å². The number of ether oxygens (including phenoxy) is 1. The van der Waals surface area contributed by atoms with Crippen molar-refractivity contribution in [1.82, 2.24) is 9.97 Å². The second kappa shape index (κ2) is 6.16. The van der Waals surface area contributed by atoms with Crippen LogP contribution in [0, 0.1) is 0 Å². The number of hydrogen-bond acceptors (Lipinski definition) is 5. The second-order valence-corrected chi connectivity index (χ2v) is 4.70. The van der Waals surface area contributed by atoms with Gasteiger partial charge in [-0.3, -0.25) is 0 Å². The van der Waals surface area contributed by atoms with Crippen molar-refractivity contribution in [2.24, 2.45) is 0 Å². The third-order valence-electron chi connectivity index (χ3n) is 2.54. The zero-order valence-electron chi connectivity index (χ0n) is 10.7. The van der Waals surface area contributed by atoms with Crippen LogP contribution in [0.1, 0.15) is 13.8 Å². The van der Waals surface area contributed by atoms with Crippen LogP contribution < -0.4 is 10.4 Å². The van der Waals surface area contributed by atoms with Gasteiger partial charge in [0.15, 0.2) is 10.8 Å². The van der Waals surface area contributed by atoms with Crippen molar-refractivity contribution in [3.8, 4) is 0 Å². The van der Waals surface area contributed by atoms with Crippen molar-refractivity contribution in [2.45, 2.75) is 13.8 Å². The lowest BCUT2D eigenvalue weighted by Gasteiger charge is -2.25. The Labute approximate surface area is 112 Å². The van der Waals surface area contributed by atoms with E-state index in [0.717, 1.165) is 41.8 Å². The Morgan fingerprint density at radius 1 is 1.33 bits per heavy atom. The van der Waals surface area contributed by atoms with Crippen LogP contribution in [0.2, 0.25) is 0 Å².